The molecule has 0 fully saturated rings. The molecule has 0 atom stereocenters. The molecular formula is C12H9F3O. The molecule has 1 nitrogen and oxygen atoms in total. The summed E-state index contributed by atoms with van der Waals surface area (Å²) in [5.41, 5.74) is 0.664. The van der Waals surface area contributed by atoms with Gasteiger partial charge in [0.05, 0.1) is 7.11 Å². The molecule has 4 heteroatoms. The van der Waals surface area contributed by atoms with E-state index in [0.717, 1.165) is 0 Å². The van der Waals surface area contributed by atoms with Gasteiger partial charge >= 0.3 is 6.18 Å². The van der Waals surface area contributed by atoms with E-state index in [-0.39, 0.29) is 5.57 Å². The first-order valence-corrected chi connectivity index (χ1v) is 4.35. The van der Waals surface area contributed by atoms with E-state index in [1.807, 2.05) is 5.92 Å². The predicted molar refractivity (Wildman–Crippen MR) is 55.9 cm³/mol. The fourth-order valence-corrected chi connectivity index (χ4v) is 1.01. The molecule has 0 heterocycles. The Morgan fingerprint density at radius 1 is 1.25 bits per heavy atom. The van der Waals surface area contributed by atoms with Crippen LogP contribution in [0.4, 0.5) is 13.2 Å². The summed E-state index contributed by atoms with van der Waals surface area (Å²) in [6.07, 6.45) is -4.49. The maximum atomic E-state index is 11.8. The van der Waals surface area contributed by atoms with Crippen LogP contribution < -0.4 is 4.74 Å². The SMILES string of the molecule is C=C(C#CC(F)(F)F)c1ccc(OC)cc1. The third-order valence-electron chi connectivity index (χ3n) is 1.79. The number of ether oxygens (including phenoxy) is 1. The quantitative estimate of drug-likeness (QED) is 0.703. The fourth-order valence-electron chi connectivity index (χ4n) is 1.01. The van der Waals surface area contributed by atoms with Gasteiger partial charge in [-0.1, -0.05) is 24.6 Å². The Hall–Kier alpha value is -1.89. The molecule has 0 amide bonds. The highest BCUT2D eigenvalue weighted by molar-refractivity contribution is 5.77. The summed E-state index contributed by atoms with van der Waals surface area (Å²) in [6.45, 7) is 3.47. The lowest BCUT2D eigenvalue weighted by molar-refractivity contribution is -0.0696. The van der Waals surface area contributed by atoms with Gasteiger partial charge in [-0.2, -0.15) is 13.2 Å². The Morgan fingerprint density at radius 2 is 1.81 bits per heavy atom. The summed E-state index contributed by atoms with van der Waals surface area (Å²) in [6, 6.07) is 6.48. The standard InChI is InChI=1S/C12H9F3O/c1-9(7-8-12(13,14)15)10-3-5-11(16-2)6-4-10/h3-6H,1H2,2H3. The van der Waals surface area contributed by atoms with Gasteiger partial charge in [0, 0.05) is 11.5 Å². The van der Waals surface area contributed by atoms with Crippen LogP contribution in [0.2, 0.25) is 0 Å². The Bertz CT molecular complexity index is 432. The van der Waals surface area contributed by atoms with Gasteiger partial charge < -0.3 is 4.74 Å². The van der Waals surface area contributed by atoms with Gasteiger partial charge in [0.1, 0.15) is 5.75 Å². The van der Waals surface area contributed by atoms with Crippen molar-refractivity contribution in [2.75, 3.05) is 7.11 Å². The maximum absolute atomic E-state index is 11.8. The van der Waals surface area contributed by atoms with Crippen LogP contribution in [0.1, 0.15) is 5.56 Å². The van der Waals surface area contributed by atoms with Gasteiger partial charge in [-0.15, -0.1) is 0 Å². The molecule has 0 unspecified atom stereocenters. The molecule has 0 aliphatic carbocycles. The zero-order valence-electron chi connectivity index (χ0n) is 8.56. The number of methoxy groups -OCH3 is 1. The fraction of sp³-hybridized carbons (Fsp3) is 0.167. The third kappa shape index (κ3) is 3.70. The second-order valence-corrected chi connectivity index (χ2v) is 2.95. The Balaban J connectivity index is 2.84. The lowest BCUT2D eigenvalue weighted by Gasteiger charge is -2.01. The van der Waals surface area contributed by atoms with Crippen molar-refractivity contribution < 1.29 is 17.9 Å². The zero-order valence-corrected chi connectivity index (χ0v) is 8.56. The van der Waals surface area contributed by atoms with Crippen LogP contribution in [-0.4, -0.2) is 13.3 Å². The molecule has 0 bridgehead atoms. The average Bonchev–Trinajstić information content (AvgIpc) is 2.25. The Labute approximate surface area is 91.5 Å². The summed E-state index contributed by atoms with van der Waals surface area (Å²) >= 11 is 0. The Morgan fingerprint density at radius 3 is 2.25 bits per heavy atom. The molecule has 1 aromatic carbocycles. The molecular weight excluding hydrogens is 217 g/mol. The van der Waals surface area contributed by atoms with E-state index >= 15 is 0 Å². The first-order chi connectivity index (χ1) is 7.42. The second-order valence-electron chi connectivity index (χ2n) is 2.95. The zero-order chi connectivity index (χ0) is 12.2. The van der Waals surface area contributed by atoms with E-state index in [0.29, 0.717) is 11.3 Å². The van der Waals surface area contributed by atoms with E-state index < -0.39 is 6.18 Å². The minimum absolute atomic E-state index is 0.125. The summed E-state index contributed by atoms with van der Waals surface area (Å²) in [5.74, 6) is 3.76. The van der Waals surface area contributed by atoms with Gasteiger partial charge in [-0.3, -0.25) is 0 Å². The third-order valence-corrected chi connectivity index (χ3v) is 1.79. The van der Waals surface area contributed by atoms with Gasteiger partial charge in [-0.05, 0) is 17.7 Å². The topological polar surface area (TPSA) is 9.23 Å². The van der Waals surface area contributed by atoms with Gasteiger partial charge in [0.15, 0.2) is 0 Å². The molecule has 1 rings (SSSR count). The second kappa shape index (κ2) is 4.75. The molecule has 0 N–H and O–H groups in total. The van der Waals surface area contributed by atoms with Crippen molar-refractivity contribution >= 4 is 5.57 Å². The first-order valence-electron chi connectivity index (χ1n) is 4.35. The van der Waals surface area contributed by atoms with Crippen LogP contribution in [0.3, 0.4) is 0 Å². The largest absolute Gasteiger partial charge is 0.497 e. The van der Waals surface area contributed by atoms with E-state index in [2.05, 4.69) is 6.58 Å². The molecule has 0 aromatic heterocycles. The van der Waals surface area contributed by atoms with Crippen LogP contribution >= 0.6 is 0 Å². The minimum atomic E-state index is -4.49. The van der Waals surface area contributed by atoms with Crippen molar-refractivity contribution in [2.24, 2.45) is 0 Å². The molecule has 84 valence electrons. The van der Waals surface area contributed by atoms with Crippen LogP contribution in [-0.2, 0) is 0 Å². The van der Waals surface area contributed by atoms with Crippen molar-refractivity contribution in [3.63, 3.8) is 0 Å². The highest BCUT2D eigenvalue weighted by atomic mass is 19.4. The summed E-state index contributed by atoms with van der Waals surface area (Å²) < 4.78 is 40.4. The number of hydrogen-bond acceptors (Lipinski definition) is 1. The van der Waals surface area contributed by atoms with E-state index in [4.69, 9.17) is 4.74 Å². The highest BCUT2D eigenvalue weighted by Gasteiger charge is 2.22. The lowest BCUT2D eigenvalue weighted by Crippen LogP contribution is -2.01. The van der Waals surface area contributed by atoms with Crippen LogP contribution in [0, 0.1) is 11.8 Å². The molecule has 0 saturated heterocycles. The van der Waals surface area contributed by atoms with Gasteiger partial charge in [0.25, 0.3) is 0 Å². The van der Waals surface area contributed by atoms with Crippen molar-refractivity contribution in [3.8, 4) is 17.6 Å². The number of rotatable bonds is 2. The Kier molecular flexibility index (Phi) is 3.62. The van der Waals surface area contributed by atoms with Crippen LogP contribution in [0.5, 0.6) is 5.75 Å². The molecule has 0 saturated carbocycles. The summed E-state index contributed by atoms with van der Waals surface area (Å²) in [4.78, 5) is 0. The monoisotopic (exact) mass is 226 g/mol. The highest BCUT2D eigenvalue weighted by Crippen LogP contribution is 2.18. The molecule has 1 aromatic rings. The predicted octanol–water partition coefficient (Wildman–Crippen LogP) is 3.27. The van der Waals surface area contributed by atoms with E-state index in [1.54, 1.807) is 24.3 Å². The number of benzene rings is 1. The first kappa shape index (κ1) is 12.2. The normalized spacial score (nSPS) is 10.2. The van der Waals surface area contributed by atoms with Crippen LogP contribution in [0.15, 0.2) is 30.8 Å². The van der Waals surface area contributed by atoms with Crippen molar-refractivity contribution in [1.82, 2.24) is 0 Å². The molecule has 0 spiro atoms. The molecule has 0 aliphatic rings. The van der Waals surface area contributed by atoms with Crippen molar-refractivity contribution in [1.29, 1.82) is 0 Å². The molecule has 0 radical (unpaired) electrons. The van der Waals surface area contributed by atoms with Crippen LogP contribution in [0.25, 0.3) is 5.57 Å². The average molecular weight is 226 g/mol. The van der Waals surface area contributed by atoms with E-state index in [1.165, 1.54) is 13.0 Å². The van der Waals surface area contributed by atoms with E-state index in [9.17, 15) is 13.2 Å². The smallest absolute Gasteiger partial charge is 0.458 e. The summed E-state index contributed by atoms with van der Waals surface area (Å²) in [5, 5.41) is 0. The number of hydrogen-bond donors (Lipinski definition) is 0. The summed E-state index contributed by atoms with van der Waals surface area (Å²) in [7, 11) is 1.51. The number of alkyl halides is 3. The van der Waals surface area contributed by atoms with Gasteiger partial charge in [0.2, 0.25) is 0 Å². The molecule has 16 heavy (non-hydrogen) atoms. The van der Waals surface area contributed by atoms with Crippen molar-refractivity contribution in [2.45, 2.75) is 6.18 Å². The van der Waals surface area contributed by atoms with Gasteiger partial charge in [-0.25, -0.2) is 0 Å². The number of halogens is 3. The lowest BCUT2D eigenvalue weighted by atomic mass is 10.1. The molecule has 0 aliphatic heterocycles. The van der Waals surface area contributed by atoms with Crippen molar-refractivity contribution in [3.05, 3.63) is 36.4 Å². The number of allylic oxidation sites excluding steroid dienone is 1. The minimum Gasteiger partial charge on any atom is -0.497 e. The maximum Gasteiger partial charge on any atom is 0.458 e.